The van der Waals surface area contributed by atoms with Crippen LogP contribution in [-0.4, -0.2) is 42.0 Å². The summed E-state index contributed by atoms with van der Waals surface area (Å²) in [6.07, 6.45) is 0. The van der Waals surface area contributed by atoms with E-state index in [1.807, 2.05) is 42.5 Å². The number of nitrogens with zero attached hydrogens (tertiary/aromatic N) is 4. The molecule has 2 heterocycles. The number of nitriles is 1. The van der Waals surface area contributed by atoms with Crippen LogP contribution in [0.15, 0.2) is 78.9 Å². The molecule has 0 spiro atoms. The number of halogens is 1. The topological polar surface area (TPSA) is 60.2 Å². The summed E-state index contributed by atoms with van der Waals surface area (Å²) in [4.78, 5) is 21.7. The van der Waals surface area contributed by atoms with Gasteiger partial charge in [0, 0.05) is 42.7 Å². The van der Waals surface area contributed by atoms with E-state index in [1.165, 1.54) is 24.3 Å². The lowest BCUT2D eigenvalue weighted by molar-refractivity contribution is 0.0746. The standard InChI is InChI=1S/C27H21FN4O/c28-23-10-7-21(8-11-23)27(33)32-15-13-31(14-16-32)25-12-9-20-4-2-6-24(26(20)30-25)22-5-1-3-19(17-22)18-29/h1-12,17H,13-16H2. The zero-order valence-corrected chi connectivity index (χ0v) is 17.9. The SMILES string of the molecule is N#Cc1cccc(-c2cccc3ccc(N4CCN(C(=O)c5ccc(F)cc5)CC4)nc23)c1. The minimum Gasteiger partial charge on any atom is -0.353 e. The number of benzene rings is 3. The van der Waals surface area contributed by atoms with Crippen molar-refractivity contribution < 1.29 is 9.18 Å². The summed E-state index contributed by atoms with van der Waals surface area (Å²) >= 11 is 0. The van der Waals surface area contributed by atoms with Crippen molar-refractivity contribution in [3.63, 3.8) is 0 Å². The molecule has 6 heteroatoms. The molecular formula is C27H21FN4O. The van der Waals surface area contributed by atoms with Gasteiger partial charge in [-0.2, -0.15) is 5.26 Å². The zero-order valence-electron chi connectivity index (χ0n) is 17.9. The maximum Gasteiger partial charge on any atom is 0.253 e. The number of hydrogen-bond donors (Lipinski definition) is 0. The Morgan fingerprint density at radius 2 is 1.67 bits per heavy atom. The molecule has 1 saturated heterocycles. The lowest BCUT2D eigenvalue weighted by Crippen LogP contribution is -2.49. The summed E-state index contributed by atoms with van der Waals surface area (Å²) in [6, 6.07) is 25.5. The lowest BCUT2D eigenvalue weighted by atomic mass is 10.0. The number of rotatable bonds is 3. The third-order valence-corrected chi connectivity index (χ3v) is 5.99. The number of amides is 1. The van der Waals surface area contributed by atoms with E-state index in [9.17, 15) is 14.4 Å². The zero-order chi connectivity index (χ0) is 22.8. The van der Waals surface area contributed by atoms with E-state index in [0.717, 1.165) is 27.8 Å². The number of anilines is 1. The number of carbonyl (C=O) groups excluding carboxylic acids is 1. The number of para-hydroxylation sites is 1. The average Bonchev–Trinajstić information content (AvgIpc) is 2.88. The minimum atomic E-state index is -0.350. The van der Waals surface area contributed by atoms with Crippen LogP contribution in [0.4, 0.5) is 10.2 Å². The molecule has 1 amide bonds. The van der Waals surface area contributed by atoms with Gasteiger partial charge in [-0.3, -0.25) is 4.79 Å². The van der Waals surface area contributed by atoms with Crippen molar-refractivity contribution in [2.24, 2.45) is 0 Å². The molecule has 5 nitrogen and oxygen atoms in total. The van der Waals surface area contributed by atoms with Gasteiger partial charge in [0.05, 0.1) is 17.1 Å². The molecule has 0 aliphatic carbocycles. The number of hydrogen-bond acceptors (Lipinski definition) is 4. The Hall–Kier alpha value is -4.24. The first-order valence-corrected chi connectivity index (χ1v) is 10.8. The molecule has 1 aromatic heterocycles. The Balaban J connectivity index is 1.38. The summed E-state index contributed by atoms with van der Waals surface area (Å²) in [5.41, 5.74) is 3.94. The van der Waals surface area contributed by atoms with Crippen LogP contribution < -0.4 is 4.90 Å². The predicted molar refractivity (Wildman–Crippen MR) is 126 cm³/mol. The highest BCUT2D eigenvalue weighted by Gasteiger charge is 2.23. The average molecular weight is 436 g/mol. The first-order chi connectivity index (χ1) is 16.1. The first-order valence-electron chi connectivity index (χ1n) is 10.8. The molecule has 1 aliphatic heterocycles. The van der Waals surface area contributed by atoms with Crippen molar-refractivity contribution in [2.75, 3.05) is 31.1 Å². The summed E-state index contributed by atoms with van der Waals surface area (Å²) in [6.45, 7) is 2.47. The fraction of sp³-hybridized carbons (Fsp3) is 0.148. The molecule has 4 aromatic rings. The van der Waals surface area contributed by atoms with E-state index < -0.39 is 0 Å². The van der Waals surface area contributed by atoms with Crippen LogP contribution in [0.2, 0.25) is 0 Å². The molecule has 5 rings (SSSR count). The maximum absolute atomic E-state index is 13.2. The summed E-state index contributed by atoms with van der Waals surface area (Å²) < 4.78 is 13.2. The van der Waals surface area contributed by atoms with Crippen LogP contribution >= 0.6 is 0 Å². The Bertz CT molecular complexity index is 1370. The van der Waals surface area contributed by atoms with Crippen molar-refractivity contribution >= 4 is 22.6 Å². The minimum absolute atomic E-state index is 0.0826. The molecule has 0 N–H and O–H groups in total. The highest BCUT2D eigenvalue weighted by molar-refractivity contribution is 5.95. The largest absolute Gasteiger partial charge is 0.353 e. The van der Waals surface area contributed by atoms with E-state index in [4.69, 9.17) is 4.98 Å². The van der Waals surface area contributed by atoms with Gasteiger partial charge in [0.1, 0.15) is 11.6 Å². The van der Waals surface area contributed by atoms with E-state index in [0.29, 0.717) is 37.3 Å². The summed E-state index contributed by atoms with van der Waals surface area (Å²) in [5, 5.41) is 10.3. The summed E-state index contributed by atoms with van der Waals surface area (Å²) in [5.74, 6) is 0.429. The van der Waals surface area contributed by atoms with Crippen molar-refractivity contribution in [3.05, 3.63) is 95.8 Å². The Morgan fingerprint density at radius 1 is 0.909 bits per heavy atom. The molecule has 0 atom stereocenters. The van der Waals surface area contributed by atoms with E-state index >= 15 is 0 Å². The van der Waals surface area contributed by atoms with Crippen LogP contribution in [0.25, 0.3) is 22.0 Å². The second-order valence-corrected chi connectivity index (χ2v) is 8.03. The Labute approximate surface area is 191 Å². The number of carbonyl (C=O) groups is 1. The molecule has 1 fully saturated rings. The van der Waals surface area contributed by atoms with Crippen LogP contribution in [0.5, 0.6) is 0 Å². The van der Waals surface area contributed by atoms with E-state index in [-0.39, 0.29) is 11.7 Å². The molecule has 0 saturated carbocycles. The maximum atomic E-state index is 13.2. The molecule has 162 valence electrons. The van der Waals surface area contributed by atoms with Crippen LogP contribution in [0.3, 0.4) is 0 Å². The Morgan fingerprint density at radius 3 is 2.42 bits per heavy atom. The van der Waals surface area contributed by atoms with Gasteiger partial charge in [0.15, 0.2) is 0 Å². The number of pyridine rings is 1. The molecular weight excluding hydrogens is 415 g/mol. The van der Waals surface area contributed by atoms with Gasteiger partial charge in [-0.25, -0.2) is 9.37 Å². The smallest absolute Gasteiger partial charge is 0.253 e. The molecule has 0 bridgehead atoms. The van der Waals surface area contributed by atoms with Crippen molar-refractivity contribution in [1.82, 2.24) is 9.88 Å². The van der Waals surface area contributed by atoms with Crippen LogP contribution in [0.1, 0.15) is 15.9 Å². The normalized spacial score (nSPS) is 13.7. The first kappa shape index (κ1) is 20.7. The molecule has 0 unspecified atom stereocenters. The van der Waals surface area contributed by atoms with Crippen molar-refractivity contribution in [3.8, 4) is 17.2 Å². The molecule has 3 aromatic carbocycles. The van der Waals surface area contributed by atoms with Crippen LogP contribution in [0, 0.1) is 17.1 Å². The second-order valence-electron chi connectivity index (χ2n) is 8.03. The fourth-order valence-corrected chi connectivity index (χ4v) is 4.22. The van der Waals surface area contributed by atoms with Gasteiger partial charge >= 0.3 is 0 Å². The number of piperazine rings is 1. The number of aromatic nitrogens is 1. The quantitative estimate of drug-likeness (QED) is 0.460. The van der Waals surface area contributed by atoms with Gasteiger partial charge < -0.3 is 9.80 Å². The third-order valence-electron chi connectivity index (χ3n) is 5.99. The van der Waals surface area contributed by atoms with E-state index in [2.05, 4.69) is 17.0 Å². The number of fused-ring (bicyclic) bond motifs is 1. The highest BCUT2D eigenvalue weighted by Crippen LogP contribution is 2.30. The van der Waals surface area contributed by atoms with E-state index in [1.54, 1.807) is 11.0 Å². The van der Waals surface area contributed by atoms with Gasteiger partial charge in [-0.05, 0) is 54.1 Å². The second kappa shape index (κ2) is 8.71. The van der Waals surface area contributed by atoms with Crippen molar-refractivity contribution in [2.45, 2.75) is 0 Å². The van der Waals surface area contributed by atoms with Gasteiger partial charge in [-0.1, -0.05) is 30.3 Å². The lowest BCUT2D eigenvalue weighted by Gasteiger charge is -2.35. The Kier molecular flexibility index (Phi) is 5.45. The van der Waals surface area contributed by atoms with Crippen molar-refractivity contribution in [1.29, 1.82) is 5.26 Å². The van der Waals surface area contributed by atoms with Crippen LogP contribution in [-0.2, 0) is 0 Å². The molecule has 0 radical (unpaired) electrons. The predicted octanol–water partition coefficient (Wildman–Crippen LogP) is 4.87. The molecule has 1 aliphatic rings. The molecule has 33 heavy (non-hydrogen) atoms. The fourth-order valence-electron chi connectivity index (χ4n) is 4.22. The van der Waals surface area contributed by atoms with Gasteiger partial charge in [0.2, 0.25) is 0 Å². The highest BCUT2D eigenvalue weighted by atomic mass is 19.1. The van der Waals surface area contributed by atoms with Gasteiger partial charge in [-0.15, -0.1) is 0 Å². The van der Waals surface area contributed by atoms with Gasteiger partial charge in [0.25, 0.3) is 5.91 Å². The third kappa shape index (κ3) is 4.13. The monoisotopic (exact) mass is 436 g/mol. The summed E-state index contributed by atoms with van der Waals surface area (Å²) in [7, 11) is 0.